The van der Waals surface area contributed by atoms with Crippen LogP contribution >= 0.6 is 0 Å². The molecule has 0 saturated heterocycles. The minimum Gasteiger partial charge on any atom is -0.490 e. The first-order valence-corrected chi connectivity index (χ1v) is 6.21. The number of carbonyl (C=O) groups excluding carboxylic acids is 1. The van der Waals surface area contributed by atoms with Gasteiger partial charge in [-0.15, -0.1) is 0 Å². The van der Waals surface area contributed by atoms with Gasteiger partial charge in [0.15, 0.2) is 17.3 Å². The molecular formula is C14H16O4. The summed E-state index contributed by atoms with van der Waals surface area (Å²) in [6, 6.07) is 3.52. The molecule has 0 spiro atoms. The highest BCUT2D eigenvalue weighted by Crippen LogP contribution is 2.41. The number of carbonyl (C=O) groups is 1. The van der Waals surface area contributed by atoms with Gasteiger partial charge in [0, 0.05) is 12.5 Å². The normalized spacial score (nSPS) is 20.7. The van der Waals surface area contributed by atoms with Crippen LogP contribution in [0.5, 0.6) is 17.2 Å². The Kier molecular flexibility index (Phi) is 2.47. The minimum absolute atomic E-state index is 0.0943. The Morgan fingerprint density at radius 3 is 2.44 bits per heavy atom. The fourth-order valence-electron chi connectivity index (χ4n) is 2.31. The molecular weight excluding hydrogens is 232 g/mol. The summed E-state index contributed by atoms with van der Waals surface area (Å²) in [5.74, 6) is 2.00. The van der Waals surface area contributed by atoms with Crippen molar-refractivity contribution in [2.75, 3.05) is 13.2 Å². The summed E-state index contributed by atoms with van der Waals surface area (Å²) in [4.78, 5) is 12.1. The van der Waals surface area contributed by atoms with E-state index in [1.54, 1.807) is 12.1 Å². The predicted octanol–water partition coefficient (Wildman–Crippen LogP) is 2.59. The van der Waals surface area contributed by atoms with Gasteiger partial charge in [0.25, 0.3) is 0 Å². The maximum absolute atomic E-state index is 12.1. The van der Waals surface area contributed by atoms with Gasteiger partial charge in [-0.1, -0.05) is 0 Å². The lowest BCUT2D eigenvalue weighted by Crippen LogP contribution is -2.35. The van der Waals surface area contributed by atoms with E-state index in [1.165, 1.54) is 0 Å². The van der Waals surface area contributed by atoms with Crippen molar-refractivity contribution in [2.45, 2.75) is 32.3 Å². The molecule has 0 atom stereocenters. The second-order valence-electron chi connectivity index (χ2n) is 5.31. The Hall–Kier alpha value is -1.71. The van der Waals surface area contributed by atoms with Crippen molar-refractivity contribution in [1.82, 2.24) is 0 Å². The van der Waals surface area contributed by atoms with Crippen LogP contribution in [0.25, 0.3) is 0 Å². The summed E-state index contributed by atoms with van der Waals surface area (Å²) in [5, 5.41) is 0. The summed E-state index contributed by atoms with van der Waals surface area (Å²) >= 11 is 0. The molecule has 0 N–H and O–H groups in total. The third-order valence-corrected chi connectivity index (χ3v) is 3.12. The van der Waals surface area contributed by atoms with Crippen molar-refractivity contribution >= 4 is 5.78 Å². The van der Waals surface area contributed by atoms with E-state index >= 15 is 0 Å². The maximum Gasteiger partial charge on any atom is 0.170 e. The first kappa shape index (κ1) is 11.4. The van der Waals surface area contributed by atoms with Gasteiger partial charge in [0.1, 0.15) is 11.4 Å². The van der Waals surface area contributed by atoms with Crippen molar-refractivity contribution in [3.63, 3.8) is 0 Å². The van der Waals surface area contributed by atoms with Crippen molar-refractivity contribution in [3.8, 4) is 17.2 Å². The number of ether oxygens (including phenoxy) is 3. The molecule has 2 aliphatic heterocycles. The number of hydrogen-bond acceptors (Lipinski definition) is 4. The number of ketones is 1. The van der Waals surface area contributed by atoms with Gasteiger partial charge in [0.2, 0.25) is 0 Å². The van der Waals surface area contributed by atoms with Crippen LogP contribution in [0.15, 0.2) is 12.1 Å². The lowest BCUT2D eigenvalue weighted by Gasteiger charge is -2.31. The standard InChI is InChI=1S/C14H16O4/c1-14(2)8-10(15)9-6-12-13(7-11(9)18-14)17-5-3-4-16-12/h6-7H,3-5,8H2,1-2H3. The first-order valence-electron chi connectivity index (χ1n) is 6.21. The van der Waals surface area contributed by atoms with Gasteiger partial charge in [-0.3, -0.25) is 4.79 Å². The molecule has 0 saturated carbocycles. The van der Waals surface area contributed by atoms with E-state index in [4.69, 9.17) is 14.2 Å². The van der Waals surface area contributed by atoms with Crippen LogP contribution in [0.2, 0.25) is 0 Å². The number of benzene rings is 1. The predicted molar refractivity (Wildman–Crippen MR) is 65.7 cm³/mol. The topological polar surface area (TPSA) is 44.8 Å². The van der Waals surface area contributed by atoms with Crippen LogP contribution in [-0.2, 0) is 0 Å². The second kappa shape index (κ2) is 3.90. The van der Waals surface area contributed by atoms with Crippen molar-refractivity contribution in [1.29, 1.82) is 0 Å². The van der Waals surface area contributed by atoms with Gasteiger partial charge in [-0.25, -0.2) is 0 Å². The van der Waals surface area contributed by atoms with E-state index in [0.717, 1.165) is 6.42 Å². The van der Waals surface area contributed by atoms with Crippen LogP contribution in [0.4, 0.5) is 0 Å². The maximum atomic E-state index is 12.1. The van der Waals surface area contributed by atoms with Crippen LogP contribution in [0.1, 0.15) is 37.0 Å². The molecule has 0 aromatic heterocycles. The van der Waals surface area contributed by atoms with Crippen LogP contribution in [0.3, 0.4) is 0 Å². The molecule has 0 bridgehead atoms. The smallest absolute Gasteiger partial charge is 0.170 e. The van der Waals surface area contributed by atoms with Crippen LogP contribution in [-0.4, -0.2) is 24.6 Å². The molecule has 1 aromatic rings. The van der Waals surface area contributed by atoms with E-state index in [9.17, 15) is 4.79 Å². The van der Waals surface area contributed by atoms with Crippen molar-refractivity contribution in [3.05, 3.63) is 17.7 Å². The summed E-state index contributed by atoms with van der Waals surface area (Å²) in [6.45, 7) is 5.07. The van der Waals surface area contributed by atoms with E-state index in [0.29, 0.717) is 42.4 Å². The Bertz CT molecular complexity index is 505. The molecule has 4 nitrogen and oxygen atoms in total. The zero-order valence-corrected chi connectivity index (χ0v) is 10.6. The van der Waals surface area contributed by atoms with Crippen molar-refractivity contribution in [2.24, 2.45) is 0 Å². The molecule has 96 valence electrons. The molecule has 0 radical (unpaired) electrons. The molecule has 18 heavy (non-hydrogen) atoms. The Morgan fingerprint density at radius 2 is 1.72 bits per heavy atom. The highest BCUT2D eigenvalue weighted by molar-refractivity contribution is 6.01. The van der Waals surface area contributed by atoms with E-state index in [1.807, 2.05) is 13.8 Å². The third-order valence-electron chi connectivity index (χ3n) is 3.12. The molecule has 2 heterocycles. The summed E-state index contributed by atoms with van der Waals surface area (Å²) < 4.78 is 17.0. The average Bonchev–Trinajstić information content (AvgIpc) is 2.50. The lowest BCUT2D eigenvalue weighted by molar-refractivity contribution is 0.0617. The zero-order chi connectivity index (χ0) is 12.8. The fraction of sp³-hybridized carbons (Fsp3) is 0.500. The third kappa shape index (κ3) is 1.92. The molecule has 4 heteroatoms. The van der Waals surface area contributed by atoms with Crippen molar-refractivity contribution < 1.29 is 19.0 Å². The molecule has 1 aromatic carbocycles. The fourth-order valence-corrected chi connectivity index (χ4v) is 2.31. The molecule has 0 unspecified atom stereocenters. The van der Waals surface area contributed by atoms with E-state index in [2.05, 4.69) is 0 Å². The van der Waals surface area contributed by atoms with Gasteiger partial charge >= 0.3 is 0 Å². The van der Waals surface area contributed by atoms with E-state index in [-0.39, 0.29) is 5.78 Å². The van der Waals surface area contributed by atoms with Gasteiger partial charge in [-0.2, -0.15) is 0 Å². The minimum atomic E-state index is -0.454. The summed E-state index contributed by atoms with van der Waals surface area (Å²) in [7, 11) is 0. The number of rotatable bonds is 0. The Balaban J connectivity index is 2.07. The highest BCUT2D eigenvalue weighted by atomic mass is 16.5. The first-order chi connectivity index (χ1) is 8.55. The molecule has 0 aliphatic carbocycles. The highest BCUT2D eigenvalue weighted by Gasteiger charge is 2.34. The monoisotopic (exact) mass is 248 g/mol. The second-order valence-corrected chi connectivity index (χ2v) is 5.31. The number of fused-ring (bicyclic) bond motifs is 2. The van der Waals surface area contributed by atoms with Crippen LogP contribution < -0.4 is 14.2 Å². The van der Waals surface area contributed by atoms with Crippen LogP contribution in [0, 0.1) is 0 Å². The zero-order valence-electron chi connectivity index (χ0n) is 10.6. The lowest BCUT2D eigenvalue weighted by atomic mass is 9.93. The number of hydrogen-bond donors (Lipinski definition) is 0. The van der Waals surface area contributed by atoms with Gasteiger partial charge in [0.05, 0.1) is 25.2 Å². The molecule has 3 rings (SSSR count). The summed E-state index contributed by atoms with van der Waals surface area (Å²) in [5.41, 5.74) is 0.141. The van der Waals surface area contributed by atoms with E-state index < -0.39 is 5.60 Å². The molecule has 0 amide bonds. The van der Waals surface area contributed by atoms with Gasteiger partial charge in [-0.05, 0) is 19.9 Å². The Morgan fingerprint density at radius 1 is 1.06 bits per heavy atom. The largest absolute Gasteiger partial charge is 0.490 e. The Labute approximate surface area is 106 Å². The van der Waals surface area contributed by atoms with Gasteiger partial charge < -0.3 is 14.2 Å². The molecule has 0 fully saturated rings. The number of Topliss-reactive ketones (excluding diaryl/α,β-unsaturated/α-hetero) is 1. The summed E-state index contributed by atoms with van der Waals surface area (Å²) in [6.07, 6.45) is 1.24. The SMILES string of the molecule is CC1(C)CC(=O)c2cc3c(cc2O1)OCCCO3. The average molecular weight is 248 g/mol. The quantitative estimate of drug-likeness (QED) is 0.708. The molecule has 2 aliphatic rings.